The van der Waals surface area contributed by atoms with Gasteiger partial charge in [-0.3, -0.25) is 4.68 Å². The maximum atomic E-state index is 12.4. The molecule has 26 heavy (non-hydrogen) atoms. The summed E-state index contributed by atoms with van der Waals surface area (Å²) in [5.41, 5.74) is 3.99. The molecule has 7 nitrogen and oxygen atoms in total. The summed E-state index contributed by atoms with van der Waals surface area (Å²) in [6.45, 7) is 7.52. The molecule has 0 saturated carbocycles. The van der Waals surface area contributed by atoms with Crippen molar-refractivity contribution < 1.29 is 14.3 Å². The van der Waals surface area contributed by atoms with Crippen molar-refractivity contribution in [2.24, 2.45) is 7.05 Å². The number of nitrogens with zero attached hydrogens (tertiary/aromatic N) is 2. The Morgan fingerprint density at radius 3 is 2.92 bits per heavy atom. The third-order valence-corrected chi connectivity index (χ3v) is 4.72. The van der Waals surface area contributed by atoms with Crippen LogP contribution in [0.2, 0.25) is 0 Å². The lowest BCUT2D eigenvalue weighted by molar-refractivity contribution is 0.222. The lowest BCUT2D eigenvalue weighted by Crippen LogP contribution is -2.39. The van der Waals surface area contributed by atoms with E-state index >= 15 is 0 Å². The third-order valence-electron chi connectivity index (χ3n) is 4.72. The van der Waals surface area contributed by atoms with Crippen molar-refractivity contribution in [1.29, 1.82) is 0 Å². The molecule has 7 heteroatoms. The first-order valence-corrected chi connectivity index (χ1v) is 8.92. The molecule has 3 rings (SSSR count). The minimum Gasteiger partial charge on any atom is -0.494 e. The maximum absolute atomic E-state index is 12.4. The monoisotopic (exact) mass is 358 g/mol. The smallest absolute Gasteiger partial charge is 0.315 e. The third kappa shape index (κ3) is 3.76. The van der Waals surface area contributed by atoms with Gasteiger partial charge in [0.2, 0.25) is 0 Å². The van der Waals surface area contributed by atoms with Crippen LogP contribution in [0.3, 0.4) is 0 Å². The van der Waals surface area contributed by atoms with Gasteiger partial charge in [0.15, 0.2) is 0 Å². The predicted octanol–water partition coefficient (Wildman–Crippen LogP) is 2.76. The van der Waals surface area contributed by atoms with E-state index in [-0.39, 0.29) is 12.1 Å². The molecule has 2 heterocycles. The summed E-state index contributed by atoms with van der Waals surface area (Å²) in [6.07, 6.45) is 0.723. The Morgan fingerprint density at radius 2 is 2.23 bits per heavy atom. The van der Waals surface area contributed by atoms with E-state index in [4.69, 9.17) is 9.47 Å². The fraction of sp³-hybridized carbons (Fsp3) is 0.474. The second-order valence-corrected chi connectivity index (χ2v) is 6.42. The quantitative estimate of drug-likeness (QED) is 0.862. The van der Waals surface area contributed by atoms with Crippen LogP contribution in [0.15, 0.2) is 18.2 Å². The van der Waals surface area contributed by atoms with Gasteiger partial charge in [-0.2, -0.15) is 5.10 Å². The van der Waals surface area contributed by atoms with Gasteiger partial charge in [0.1, 0.15) is 11.5 Å². The van der Waals surface area contributed by atoms with E-state index in [1.807, 2.05) is 50.7 Å². The van der Waals surface area contributed by atoms with Crippen LogP contribution < -0.4 is 20.1 Å². The van der Waals surface area contributed by atoms with Crippen LogP contribution in [0.25, 0.3) is 0 Å². The largest absolute Gasteiger partial charge is 0.494 e. The van der Waals surface area contributed by atoms with E-state index in [0.717, 1.165) is 40.4 Å². The molecule has 2 aromatic rings. The Hall–Kier alpha value is -2.70. The molecule has 1 atom stereocenters. The number of hydrogen-bond donors (Lipinski definition) is 2. The molecule has 1 aliphatic heterocycles. The standard InChI is InChI=1S/C19H26N4O3/c1-5-25-14-6-7-18-15(10-14)17(8-9-26-18)21-19(24)20-11-16-12(2)22-23(4)13(16)3/h6-7,10,17H,5,8-9,11H2,1-4H3,(H2,20,21,24). The summed E-state index contributed by atoms with van der Waals surface area (Å²) in [6, 6.07) is 5.42. The van der Waals surface area contributed by atoms with Crippen LogP contribution in [0.1, 0.15) is 41.9 Å². The van der Waals surface area contributed by atoms with Gasteiger partial charge in [-0.05, 0) is 39.0 Å². The molecule has 0 fully saturated rings. The van der Waals surface area contributed by atoms with E-state index in [1.165, 1.54) is 0 Å². The predicted molar refractivity (Wildman–Crippen MR) is 98.5 cm³/mol. The SMILES string of the molecule is CCOc1ccc2c(c1)C(NC(=O)NCc1c(C)nn(C)c1C)CCO2. The summed E-state index contributed by atoms with van der Waals surface area (Å²) in [4.78, 5) is 12.4. The summed E-state index contributed by atoms with van der Waals surface area (Å²) >= 11 is 0. The van der Waals surface area contributed by atoms with E-state index in [0.29, 0.717) is 19.8 Å². The molecular formula is C19H26N4O3. The Morgan fingerprint density at radius 1 is 1.42 bits per heavy atom. The van der Waals surface area contributed by atoms with Crippen molar-refractivity contribution >= 4 is 6.03 Å². The number of amides is 2. The molecule has 140 valence electrons. The Balaban J connectivity index is 1.66. The van der Waals surface area contributed by atoms with Crippen LogP contribution in [-0.4, -0.2) is 29.0 Å². The second-order valence-electron chi connectivity index (χ2n) is 6.42. The highest BCUT2D eigenvalue weighted by Crippen LogP contribution is 2.34. The fourth-order valence-electron chi connectivity index (χ4n) is 3.23. The summed E-state index contributed by atoms with van der Waals surface area (Å²) in [5.74, 6) is 1.58. The summed E-state index contributed by atoms with van der Waals surface area (Å²) < 4.78 is 13.1. The Labute approximate surface area is 153 Å². The topological polar surface area (TPSA) is 77.4 Å². The van der Waals surface area contributed by atoms with Crippen molar-refractivity contribution in [3.8, 4) is 11.5 Å². The molecule has 1 unspecified atom stereocenters. The molecule has 2 amide bonds. The van der Waals surface area contributed by atoms with Gasteiger partial charge in [0.25, 0.3) is 0 Å². The number of benzene rings is 1. The minimum absolute atomic E-state index is 0.102. The number of nitrogens with one attached hydrogen (secondary N) is 2. The zero-order chi connectivity index (χ0) is 18.7. The van der Waals surface area contributed by atoms with Gasteiger partial charge in [-0.15, -0.1) is 0 Å². The molecule has 1 aromatic carbocycles. The van der Waals surface area contributed by atoms with Crippen LogP contribution in [0, 0.1) is 13.8 Å². The first kappa shape index (κ1) is 18.1. The van der Waals surface area contributed by atoms with E-state index in [1.54, 1.807) is 0 Å². The molecule has 0 aliphatic carbocycles. The van der Waals surface area contributed by atoms with Crippen LogP contribution in [-0.2, 0) is 13.6 Å². The number of urea groups is 1. The summed E-state index contributed by atoms with van der Waals surface area (Å²) in [7, 11) is 1.90. The van der Waals surface area contributed by atoms with E-state index in [9.17, 15) is 4.79 Å². The van der Waals surface area contributed by atoms with Gasteiger partial charge in [-0.25, -0.2) is 4.79 Å². The number of aromatic nitrogens is 2. The first-order valence-electron chi connectivity index (χ1n) is 8.92. The van der Waals surface area contributed by atoms with Gasteiger partial charge in [0.05, 0.1) is 24.9 Å². The number of aryl methyl sites for hydroxylation is 2. The average molecular weight is 358 g/mol. The van der Waals surface area contributed by atoms with Gasteiger partial charge >= 0.3 is 6.03 Å². The number of rotatable bonds is 5. The normalized spacial score (nSPS) is 15.8. The number of fused-ring (bicyclic) bond motifs is 1. The minimum atomic E-state index is -0.202. The Kier molecular flexibility index (Phi) is 5.35. The van der Waals surface area contributed by atoms with E-state index in [2.05, 4.69) is 15.7 Å². The average Bonchev–Trinajstić information content (AvgIpc) is 2.86. The van der Waals surface area contributed by atoms with Crippen molar-refractivity contribution in [2.45, 2.75) is 39.8 Å². The zero-order valence-electron chi connectivity index (χ0n) is 15.8. The lowest BCUT2D eigenvalue weighted by atomic mass is 10.0. The highest BCUT2D eigenvalue weighted by atomic mass is 16.5. The Bertz CT molecular complexity index is 800. The van der Waals surface area contributed by atoms with Crippen molar-refractivity contribution in [3.63, 3.8) is 0 Å². The second kappa shape index (κ2) is 7.68. The maximum Gasteiger partial charge on any atom is 0.315 e. The van der Waals surface area contributed by atoms with Crippen molar-refractivity contribution in [2.75, 3.05) is 13.2 Å². The number of ether oxygens (including phenoxy) is 2. The summed E-state index contributed by atoms with van der Waals surface area (Å²) in [5, 5.41) is 10.4. The van der Waals surface area contributed by atoms with Crippen molar-refractivity contribution in [1.82, 2.24) is 20.4 Å². The van der Waals surface area contributed by atoms with Gasteiger partial charge in [0, 0.05) is 36.8 Å². The van der Waals surface area contributed by atoms with Crippen LogP contribution in [0.5, 0.6) is 11.5 Å². The molecule has 0 saturated heterocycles. The molecule has 1 aliphatic rings. The molecule has 0 spiro atoms. The molecule has 0 bridgehead atoms. The van der Waals surface area contributed by atoms with Gasteiger partial charge in [-0.1, -0.05) is 0 Å². The molecule has 2 N–H and O–H groups in total. The number of hydrogen-bond acceptors (Lipinski definition) is 4. The van der Waals surface area contributed by atoms with Gasteiger partial charge < -0.3 is 20.1 Å². The fourth-order valence-corrected chi connectivity index (χ4v) is 3.23. The highest BCUT2D eigenvalue weighted by Gasteiger charge is 2.24. The molecule has 0 radical (unpaired) electrons. The van der Waals surface area contributed by atoms with Crippen molar-refractivity contribution in [3.05, 3.63) is 40.7 Å². The van der Waals surface area contributed by atoms with Crippen LogP contribution in [0.4, 0.5) is 4.79 Å². The zero-order valence-corrected chi connectivity index (χ0v) is 15.8. The highest BCUT2D eigenvalue weighted by molar-refractivity contribution is 5.74. The number of carbonyl (C=O) groups is 1. The molecule has 1 aromatic heterocycles. The lowest BCUT2D eigenvalue weighted by Gasteiger charge is -2.27. The number of carbonyl (C=O) groups excluding carboxylic acids is 1. The first-order chi connectivity index (χ1) is 12.5. The van der Waals surface area contributed by atoms with E-state index < -0.39 is 0 Å². The van der Waals surface area contributed by atoms with Crippen LogP contribution >= 0.6 is 0 Å². The molecular weight excluding hydrogens is 332 g/mol.